The van der Waals surface area contributed by atoms with E-state index in [1.54, 1.807) is 0 Å². The number of hydrogen-bond donors (Lipinski definition) is 2. The quantitative estimate of drug-likeness (QED) is 0.737. The van der Waals surface area contributed by atoms with E-state index in [0.717, 1.165) is 58.4 Å². The zero-order chi connectivity index (χ0) is 23.4. The van der Waals surface area contributed by atoms with Gasteiger partial charge in [-0.3, -0.25) is 9.59 Å². The first-order valence-corrected chi connectivity index (χ1v) is 12.9. The maximum Gasteiger partial charge on any atom is 0.237 e. The minimum Gasteiger partial charge on any atom is -0.368 e. The number of nitrogens with zero attached hydrogens (tertiary/aromatic N) is 2. The molecular weight excluding hydrogens is 412 g/mol. The second-order valence-electron chi connectivity index (χ2n) is 11.5. The number of carbonyl (C=O) groups is 2. The Kier molecular flexibility index (Phi) is 5.71. The number of para-hydroxylation sites is 1. The summed E-state index contributed by atoms with van der Waals surface area (Å²) in [6, 6.07) is 8.30. The maximum atomic E-state index is 14.0. The van der Waals surface area contributed by atoms with E-state index in [2.05, 4.69) is 72.4 Å². The lowest BCUT2D eigenvalue weighted by Crippen LogP contribution is -2.58. The Hall–Kier alpha value is -2.08. The van der Waals surface area contributed by atoms with Gasteiger partial charge in [0.15, 0.2) is 0 Å². The fourth-order valence-corrected chi connectivity index (χ4v) is 7.40. The Morgan fingerprint density at radius 3 is 2.45 bits per heavy atom. The molecule has 2 aliphatic heterocycles. The van der Waals surface area contributed by atoms with Gasteiger partial charge in [0.05, 0.1) is 12.0 Å². The molecule has 0 aromatic heterocycles. The van der Waals surface area contributed by atoms with Crippen molar-refractivity contribution in [2.75, 3.05) is 37.6 Å². The van der Waals surface area contributed by atoms with Crippen LogP contribution in [-0.2, 0) is 9.59 Å². The second-order valence-corrected chi connectivity index (χ2v) is 11.5. The van der Waals surface area contributed by atoms with Gasteiger partial charge in [0.1, 0.15) is 0 Å². The van der Waals surface area contributed by atoms with E-state index >= 15 is 0 Å². The molecule has 2 bridgehead atoms. The number of nitrogens with one attached hydrogen (secondary N) is 2. The summed E-state index contributed by atoms with van der Waals surface area (Å²) < 4.78 is 0. The number of fused-ring (bicyclic) bond motifs is 2. The minimum atomic E-state index is -0.117. The molecule has 6 nitrogen and oxygen atoms in total. The molecule has 0 radical (unpaired) electrons. The molecule has 180 valence electrons. The molecule has 2 N–H and O–H groups in total. The van der Waals surface area contributed by atoms with Crippen LogP contribution in [0.5, 0.6) is 0 Å². The van der Waals surface area contributed by atoms with Gasteiger partial charge in [-0.1, -0.05) is 39.0 Å². The molecule has 5 rings (SSSR count). The molecule has 1 aromatic rings. The summed E-state index contributed by atoms with van der Waals surface area (Å²) >= 11 is 0. The van der Waals surface area contributed by atoms with Gasteiger partial charge < -0.3 is 20.4 Å². The number of hydrogen-bond acceptors (Lipinski definition) is 4. The summed E-state index contributed by atoms with van der Waals surface area (Å²) in [5.41, 5.74) is 2.54. The van der Waals surface area contributed by atoms with Crippen LogP contribution in [0.15, 0.2) is 24.3 Å². The Bertz CT molecular complexity index is 916. The summed E-state index contributed by atoms with van der Waals surface area (Å²) in [5, 5.41) is 6.73. The van der Waals surface area contributed by atoms with Crippen molar-refractivity contribution in [2.24, 2.45) is 22.7 Å². The van der Waals surface area contributed by atoms with Crippen molar-refractivity contribution in [1.29, 1.82) is 0 Å². The molecule has 4 fully saturated rings. The van der Waals surface area contributed by atoms with Gasteiger partial charge in [-0.05, 0) is 67.5 Å². The molecule has 1 aromatic carbocycles. The third kappa shape index (κ3) is 3.56. The molecule has 4 unspecified atom stereocenters. The lowest BCUT2D eigenvalue weighted by molar-refractivity contribution is -0.139. The number of piperazine rings is 1. The third-order valence-corrected chi connectivity index (χ3v) is 9.86. The predicted molar refractivity (Wildman–Crippen MR) is 131 cm³/mol. The van der Waals surface area contributed by atoms with E-state index in [4.69, 9.17) is 0 Å². The molecule has 2 saturated heterocycles. The summed E-state index contributed by atoms with van der Waals surface area (Å²) in [7, 11) is 0. The van der Waals surface area contributed by atoms with Gasteiger partial charge in [0.2, 0.25) is 11.8 Å². The second kappa shape index (κ2) is 8.30. The van der Waals surface area contributed by atoms with Crippen LogP contribution in [0.4, 0.5) is 5.69 Å². The number of amides is 2. The summed E-state index contributed by atoms with van der Waals surface area (Å²) in [6.07, 6.45) is 4.10. The SMILES string of the molecule is Cc1ccccc1N1CCN(C(=O)C2C3CCC(C)(C2NC(=O)[C@H]2CCCN2)C3(C)C)CC1. The lowest BCUT2D eigenvalue weighted by Gasteiger charge is -2.43. The molecule has 5 atom stereocenters. The standard InChI is InChI=1S/C27H40N4O2/c1-18-8-5-6-10-21(18)30-14-16-31(17-15-30)25(33)22-19-11-12-27(4,26(19,2)3)23(22)29-24(32)20-9-7-13-28-20/h5-6,8,10,19-20,22-23,28H,7,9,11-17H2,1-4H3,(H,29,32)/t19?,20-,22?,23?,27?/m1/s1. The third-order valence-electron chi connectivity index (χ3n) is 9.86. The Balaban J connectivity index is 1.33. The zero-order valence-corrected chi connectivity index (χ0v) is 20.7. The molecule has 0 spiro atoms. The molecule has 4 aliphatic rings. The average molecular weight is 453 g/mol. The van der Waals surface area contributed by atoms with Crippen LogP contribution in [-0.4, -0.2) is 61.5 Å². The van der Waals surface area contributed by atoms with E-state index in [9.17, 15) is 9.59 Å². The molecule has 2 aliphatic carbocycles. The normalized spacial score (nSPS) is 35.2. The number of anilines is 1. The minimum absolute atomic E-state index is 0.0390. The van der Waals surface area contributed by atoms with E-state index < -0.39 is 0 Å². The van der Waals surface area contributed by atoms with Crippen molar-refractivity contribution in [3.63, 3.8) is 0 Å². The summed E-state index contributed by atoms with van der Waals surface area (Å²) in [4.78, 5) is 31.6. The van der Waals surface area contributed by atoms with Gasteiger partial charge in [0, 0.05) is 37.9 Å². The lowest BCUT2D eigenvalue weighted by atomic mass is 9.69. The van der Waals surface area contributed by atoms with E-state index in [1.807, 2.05) is 0 Å². The number of carbonyl (C=O) groups excluding carboxylic acids is 2. The van der Waals surface area contributed by atoms with Crippen molar-refractivity contribution < 1.29 is 9.59 Å². The maximum absolute atomic E-state index is 14.0. The van der Waals surface area contributed by atoms with Gasteiger partial charge in [0.25, 0.3) is 0 Å². The fraction of sp³-hybridized carbons (Fsp3) is 0.704. The Morgan fingerprint density at radius 2 is 1.79 bits per heavy atom. The van der Waals surface area contributed by atoms with E-state index in [1.165, 1.54) is 11.3 Å². The monoisotopic (exact) mass is 452 g/mol. The van der Waals surface area contributed by atoms with Crippen molar-refractivity contribution in [3.8, 4) is 0 Å². The molecule has 33 heavy (non-hydrogen) atoms. The molecule has 6 heteroatoms. The van der Waals surface area contributed by atoms with Gasteiger partial charge in [-0.15, -0.1) is 0 Å². The van der Waals surface area contributed by atoms with Crippen molar-refractivity contribution in [3.05, 3.63) is 29.8 Å². The van der Waals surface area contributed by atoms with Crippen LogP contribution in [0, 0.1) is 29.6 Å². The summed E-state index contributed by atoms with van der Waals surface area (Å²) in [5.74, 6) is 0.551. The van der Waals surface area contributed by atoms with Crippen LogP contribution in [0.3, 0.4) is 0 Å². The van der Waals surface area contributed by atoms with Crippen LogP contribution in [0.2, 0.25) is 0 Å². The Morgan fingerprint density at radius 1 is 1.06 bits per heavy atom. The molecule has 2 heterocycles. The zero-order valence-electron chi connectivity index (χ0n) is 20.7. The van der Waals surface area contributed by atoms with Crippen LogP contribution in [0.1, 0.15) is 52.0 Å². The van der Waals surface area contributed by atoms with Gasteiger partial charge in [-0.25, -0.2) is 0 Å². The van der Waals surface area contributed by atoms with Gasteiger partial charge in [-0.2, -0.15) is 0 Å². The molecular formula is C27H40N4O2. The smallest absolute Gasteiger partial charge is 0.237 e. The van der Waals surface area contributed by atoms with Crippen molar-refractivity contribution in [1.82, 2.24) is 15.5 Å². The first-order chi connectivity index (χ1) is 15.7. The molecule has 2 amide bonds. The first kappa shape index (κ1) is 22.7. The highest BCUT2D eigenvalue weighted by atomic mass is 16.2. The highest BCUT2D eigenvalue weighted by molar-refractivity contribution is 5.86. The van der Waals surface area contributed by atoms with Crippen LogP contribution in [0.25, 0.3) is 0 Å². The number of benzene rings is 1. The van der Waals surface area contributed by atoms with Crippen molar-refractivity contribution >= 4 is 17.5 Å². The molecule has 2 saturated carbocycles. The largest absolute Gasteiger partial charge is 0.368 e. The topological polar surface area (TPSA) is 64.7 Å². The van der Waals surface area contributed by atoms with Crippen LogP contribution < -0.4 is 15.5 Å². The fourth-order valence-electron chi connectivity index (χ4n) is 7.40. The highest BCUT2D eigenvalue weighted by Crippen LogP contribution is 2.67. The van der Waals surface area contributed by atoms with Gasteiger partial charge >= 0.3 is 0 Å². The number of aryl methyl sites for hydroxylation is 1. The Labute approximate surface area is 198 Å². The predicted octanol–water partition coefficient (Wildman–Crippen LogP) is 2.95. The van der Waals surface area contributed by atoms with Crippen molar-refractivity contribution in [2.45, 2.75) is 65.5 Å². The first-order valence-electron chi connectivity index (χ1n) is 12.9. The highest BCUT2D eigenvalue weighted by Gasteiger charge is 2.68. The van der Waals surface area contributed by atoms with Crippen LogP contribution >= 0.6 is 0 Å². The van der Waals surface area contributed by atoms with E-state index in [0.29, 0.717) is 5.92 Å². The number of rotatable bonds is 4. The van der Waals surface area contributed by atoms with E-state index in [-0.39, 0.29) is 40.6 Å². The summed E-state index contributed by atoms with van der Waals surface area (Å²) in [6.45, 7) is 13.2. The average Bonchev–Trinajstić information content (AvgIpc) is 3.46.